The molecule has 0 amide bonds. The second kappa shape index (κ2) is 5.16. The predicted molar refractivity (Wildman–Crippen MR) is 84.8 cm³/mol. The normalized spacial score (nSPS) is 18.7. The van der Waals surface area contributed by atoms with Crippen LogP contribution in [-0.2, 0) is 0 Å². The van der Waals surface area contributed by atoms with Gasteiger partial charge in [-0.2, -0.15) is 0 Å². The number of nitrogens with one attached hydrogen (secondary N) is 1. The summed E-state index contributed by atoms with van der Waals surface area (Å²) in [4.78, 5) is 6.00. The van der Waals surface area contributed by atoms with E-state index >= 15 is 0 Å². The average molecular weight is 302 g/mol. The zero-order valence-electron chi connectivity index (χ0n) is 10.8. The van der Waals surface area contributed by atoms with Crippen LogP contribution in [0.3, 0.4) is 0 Å². The molecule has 0 bridgehead atoms. The third kappa shape index (κ3) is 2.22. The number of aromatic nitrogens is 1. The molecule has 0 radical (unpaired) electrons. The first-order valence-corrected chi connectivity index (χ1v) is 8.40. The monoisotopic (exact) mass is 302 g/mol. The lowest BCUT2D eigenvalue weighted by atomic mass is 10.3. The maximum Gasteiger partial charge on any atom is 0.146 e. The van der Waals surface area contributed by atoms with Gasteiger partial charge >= 0.3 is 0 Å². The Balaban J connectivity index is 1.73. The summed E-state index contributed by atoms with van der Waals surface area (Å²) in [5.41, 5.74) is 0.993. The molecule has 3 aromatic rings. The first kappa shape index (κ1) is 12.3. The third-order valence-corrected chi connectivity index (χ3v) is 5.48. The minimum Gasteiger partial charge on any atom is -0.487 e. The van der Waals surface area contributed by atoms with Crippen LogP contribution in [0, 0.1) is 0 Å². The van der Waals surface area contributed by atoms with Gasteiger partial charge in [0.05, 0.1) is 9.58 Å². The number of ether oxygens (including phenoxy) is 1. The topological polar surface area (TPSA) is 34.1 Å². The Morgan fingerprint density at radius 1 is 1.25 bits per heavy atom. The molecule has 1 atom stereocenters. The molecule has 0 saturated carbocycles. The lowest BCUT2D eigenvalue weighted by Crippen LogP contribution is -2.19. The molecule has 5 heteroatoms. The van der Waals surface area contributed by atoms with E-state index in [1.807, 2.05) is 6.07 Å². The van der Waals surface area contributed by atoms with Gasteiger partial charge in [0, 0.05) is 6.54 Å². The average Bonchev–Trinajstić information content (AvgIpc) is 3.20. The highest BCUT2D eigenvalue weighted by atomic mass is 32.1. The van der Waals surface area contributed by atoms with Crippen molar-refractivity contribution >= 4 is 32.9 Å². The molecule has 1 aliphatic rings. The Hall–Kier alpha value is -1.43. The number of hydrogen-bond donors (Lipinski definition) is 1. The molecule has 1 unspecified atom stereocenters. The van der Waals surface area contributed by atoms with Crippen LogP contribution in [0.15, 0.2) is 35.7 Å². The highest BCUT2D eigenvalue weighted by molar-refractivity contribution is 7.25. The van der Waals surface area contributed by atoms with Crippen molar-refractivity contribution in [2.75, 3.05) is 13.1 Å². The van der Waals surface area contributed by atoms with Crippen LogP contribution in [0.25, 0.3) is 20.1 Å². The molecule has 4 rings (SSSR count). The SMILES string of the molecule is c1csc(-c2nc3c(OC4CCNC4)cccc3s2)c1. The van der Waals surface area contributed by atoms with Crippen LogP contribution in [0.4, 0.5) is 0 Å². The molecule has 2 aromatic heterocycles. The standard InChI is InChI=1S/C15H14N2OS2/c1-3-11(18-10-6-7-16-9-10)14-12(4-1)20-15(17-14)13-5-2-8-19-13/h1-5,8,10,16H,6-7,9H2. The molecule has 1 aliphatic heterocycles. The maximum absolute atomic E-state index is 6.10. The number of para-hydroxylation sites is 1. The van der Waals surface area contributed by atoms with Gasteiger partial charge in [0.25, 0.3) is 0 Å². The van der Waals surface area contributed by atoms with E-state index in [0.717, 1.165) is 35.8 Å². The van der Waals surface area contributed by atoms with Crippen molar-refractivity contribution in [2.45, 2.75) is 12.5 Å². The van der Waals surface area contributed by atoms with Gasteiger partial charge in [-0.05, 0) is 36.5 Å². The van der Waals surface area contributed by atoms with Gasteiger partial charge < -0.3 is 10.1 Å². The van der Waals surface area contributed by atoms with Gasteiger partial charge in [0.1, 0.15) is 22.4 Å². The van der Waals surface area contributed by atoms with E-state index in [4.69, 9.17) is 9.72 Å². The Bertz CT molecular complexity index is 715. The Morgan fingerprint density at radius 3 is 3.05 bits per heavy atom. The predicted octanol–water partition coefficient (Wildman–Crippen LogP) is 3.77. The second-order valence-corrected chi connectivity index (χ2v) is 6.81. The van der Waals surface area contributed by atoms with Crippen LogP contribution in [0.2, 0.25) is 0 Å². The van der Waals surface area contributed by atoms with E-state index in [2.05, 4.69) is 35.0 Å². The number of fused-ring (bicyclic) bond motifs is 1. The van der Waals surface area contributed by atoms with Crippen molar-refractivity contribution in [3.8, 4) is 15.6 Å². The van der Waals surface area contributed by atoms with E-state index in [1.54, 1.807) is 22.7 Å². The maximum atomic E-state index is 6.10. The van der Waals surface area contributed by atoms with Crippen LogP contribution < -0.4 is 10.1 Å². The largest absolute Gasteiger partial charge is 0.487 e. The van der Waals surface area contributed by atoms with E-state index < -0.39 is 0 Å². The van der Waals surface area contributed by atoms with Gasteiger partial charge in [-0.25, -0.2) is 4.98 Å². The summed E-state index contributed by atoms with van der Waals surface area (Å²) in [6.45, 7) is 1.97. The highest BCUT2D eigenvalue weighted by Gasteiger charge is 2.18. The summed E-state index contributed by atoms with van der Waals surface area (Å²) in [6, 6.07) is 10.4. The second-order valence-electron chi connectivity index (χ2n) is 4.83. The molecule has 1 fully saturated rings. The zero-order valence-corrected chi connectivity index (χ0v) is 12.5. The van der Waals surface area contributed by atoms with Crippen molar-refractivity contribution < 1.29 is 4.74 Å². The van der Waals surface area contributed by atoms with Crippen molar-refractivity contribution in [1.82, 2.24) is 10.3 Å². The fraction of sp³-hybridized carbons (Fsp3) is 0.267. The molecule has 0 aliphatic carbocycles. The highest BCUT2D eigenvalue weighted by Crippen LogP contribution is 2.36. The Kier molecular flexibility index (Phi) is 3.18. The van der Waals surface area contributed by atoms with E-state index in [9.17, 15) is 0 Å². The fourth-order valence-electron chi connectivity index (χ4n) is 2.43. The Labute approximate surface area is 125 Å². The Morgan fingerprint density at radius 2 is 2.25 bits per heavy atom. The molecule has 3 heterocycles. The summed E-state index contributed by atoms with van der Waals surface area (Å²) in [6.07, 6.45) is 1.34. The molecule has 3 nitrogen and oxygen atoms in total. The summed E-state index contributed by atoms with van der Waals surface area (Å²) in [7, 11) is 0. The van der Waals surface area contributed by atoms with Gasteiger partial charge in [-0.3, -0.25) is 0 Å². The van der Waals surface area contributed by atoms with E-state index in [0.29, 0.717) is 0 Å². The fourth-order valence-corrected chi connectivity index (χ4v) is 4.21. The van der Waals surface area contributed by atoms with Crippen molar-refractivity contribution in [1.29, 1.82) is 0 Å². The molecule has 0 spiro atoms. The lowest BCUT2D eigenvalue weighted by molar-refractivity contribution is 0.225. The van der Waals surface area contributed by atoms with E-state index in [1.165, 1.54) is 9.58 Å². The van der Waals surface area contributed by atoms with Crippen LogP contribution in [0.5, 0.6) is 5.75 Å². The summed E-state index contributed by atoms with van der Waals surface area (Å²) in [5.74, 6) is 0.912. The minimum atomic E-state index is 0.271. The minimum absolute atomic E-state index is 0.271. The van der Waals surface area contributed by atoms with Gasteiger partial charge in [-0.1, -0.05) is 12.1 Å². The number of rotatable bonds is 3. The van der Waals surface area contributed by atoms with Crippen LogP contribution in [-0.4, -0.2) is 24.2 Å². The van der Waals surface area contributed by atoms with Gasteiger partial charge in [0.15, 0.2) is 0 Å². The molecule has 20 heavy (non-hydrogen) atoms. The van der Waals surface area contributed by atoms with Crippen molar-refractivity contribution in [3.05, 3.63) is 35.7 Å². The summed E-state index contributed by atoms with van der Waals surface area (Å²) >= 11 is 3.46. The first-order valence-electron chi connectivity index (χ1n) is 6.71. The lowest BCUT2D eigenvalue weighted by Gasteiger charge is -2.12. The zero-order chi connectivity index (χ0) is 13.4. The first-order chi connectivity index (χ1) is 9.90. The van der Waals surface area contributed by atoms with Crippen molar-refractivity contribution in [3.63, 3.8) is 0 Å². The molecule has 102 valence electrons. The van der Waals surface area contributed by atoms with Crippen molar-refractivity contribution in [2.24, 2.45) is 0 Å². The molecule has 1 saturated heterocycles. The molecular formula is C15H14N2OS2. The third-order valence-electron chi connectivity index (χ3n) is 3.42. The molecule has 1 aromatic carbocycles. The summed E-state index contributed by atoms with van der Waals surface area (Å²) < 4.78 is 7.30. The number of thiophene rings is 1. The number of hydrogen-bond acceptors (Lipinski definition) is 5. The van der Waals surface area contributed by atoms with Gasteiger partial charge in [0.2, 0.25) is 0 Å². The molecule has 1 N–H and O–H groups in total. The van der Waals surface area contributed by atoms with E-state index in [-0.39, 0.29) is 6.10 Å². The smallest absolute Gasteiger partial charge is 0.146 e. The number of benzene rings is 1. The van der Waals surface area contributed by atoms with Crippen LogP contribution >= 0.6 is 22.7 Å². The quantitative estimate of drug-likeness (QED) is 0.800. The van der Waals surface area contributed by atoms with Crippen LogP contribution in [0.1, 0.15) is 6.42 Å². The molecular weight excluding hydrogens is 288 g/mol. The summed E-state index contributed by atoms with van der Waals surface area (Å²) in [5, 5.41) is 6.49. The number of nitrogens with zero attached hydrogens (tertiary/aromatic N) is 1. The number of thiazole rings is 1. The van der Waals surface area contributed by atoms with Gasteiger partial charge in [-0.15, -0.1) is 22.7 Å².